The third-order valence-corrected chi connectivity index (χ3v) is 3.35. The van der Waals surface area contributed by atoms with Crippen LogP contribution in [-0.4, -0.2) is 33.4 Å². The zero-order valence-corrected chi connectivity index (χ0v) is 11.2. The van der Waals surface area contributed by atoms with Gasteiger partial charge in [0.25, 0.3) is 5.91 Å². The summed E-state index contributed by atoms with van der Waals surface area (Å²) in [5, 5.41) is 19.4. The highest BCUT2D eigenvalue weighted by atomic mass is 16.3. The zero-order chi connectivity index (χ0) is 13.8. The third kappa shape index (κ3) is 3.01. The normalized spacial score (nSPS) is 11.6. The molecule has 0 aliphatic carbocycles. The minimum atomic E-state index is -0.867. The quantitative estimate of drug-likeness (QED) is 0.603. The van der Waals surface area contributed by atoms with Crippen molar-refractivity contribution in [3.8, 4) is 0 Å². The molecule has 0 saturated heterocycles. The highest BCUT2D eigenvalue weighted by Gasteiger charge is 2.24. The molecule has 1 amide bonds. The Labute approximate surface area is 107 Å². The van der Waals surface area contributed by atoms with E-state index in [1.807, 2.05) is 20.8 Å². The Morgan fingerprint density at radius 1 is 1.44 bits per heavy atom. The number of nitrogens with one attached hydrogen (secondary N) is 2. The molecule has 0 aliphatic heterocycles. The van der Waals surface area contributed by atoms with Crippen LogP contribution in [0.2, 0.25) is 0 Å². The Bertz CT molecular complexity index is 410. The first kappa shape index (κ1) is 14.5. The van der Waals surface area contributed by atoms with Gasteiger partial charge in [-0.05, 0) is 19.3 Å². The number of anilines is 1. The average molecular weight is 254 g/mol. The van der Waals surface area contributed by atoms with Gasteiger partial charge in [-0.3, -0.25) is 9.89 Å². The highest BCUT2D eigenvalue weighted by molar-refractivity contribution is 5.97. The van der Waals surface area contributed by atoms with Crippen molar-refractivity contribution >= 4 is 11.6 Å². The summed E-state index contributed by atoms with van der Waals surface area (Å²) in [6.07, 6.45) is 1.86. The maximum atomic E-state index is 11.9. The maximum Gasteiger partial charge on any atom is 0.274 e. The van der Waals surface area contributed by atoms with E-state index in [2.05, 4.69) is 15.5 Å². The Balaban J connectivity index is 2.68. The van der Waals surface area contributed by atoms with E-state index in [1.165, 1.54) is 0 Å². The lowest BCUT2D eigenvalue weighted by Gasteiger charge is -2.25. The van der Waals surface area contributed by atoms with Gasteiger partial charge in [-0.15, -0.1) is 0 Å². The number of nitrogen functional groups attached to an aromatic ring is 1. The van der Waals surface area contributed by atoms with Crippen LogP contribution in [0.4, 0.5) is 5.69 Å². The lowest BCUT2D eigenvalue weighted by Crippen LogP contribution is -2.42. The summed E-state index contributed by atoms with van der Waals surface area (Å²) in [5.74, 6) is -0.358. The molecule has 0 unspecified atom stereocenters. The van der Waals surface area contributed by atoms with Crippen molar-refractivity contribution in [2.24, 2.45) is 0 Å². The summed E-state index contributed by atoms with van der Waals surface area (Å²) in [5.41, 5.74) is 6.26. The predicted molar refractivity (Wildman–Crippen MR) is 70.2 cm³/mol. The van der Waals surface area contributed by atoms with Crippen LogP contribution in [0.3, 0.4) is 0 Å². The monoisotopic (exact) mass is 254 g/mol. The molecule has 6 nitrogen and oxygen atoms in total. The predicted octanol–water partition coefficient (Wildman–Crippen LogP) is 0.835. The van der Waals surface area contributed by atoms with E-state index in [0.717, 1.165) is 5.69 Å². The van der Waals surface area contributed by atoms with Gasteiger partial charge in [-0.2, -0.15) is 5.10 Å². The van der Waals surface area contributed by atoms with Crippen LogP contribution >= 0.6 is 0 Å². The lowest BCUT2D eigenvalue weighted by molar-refractivity contribution is 0.0313. The average Bonchev–Trinajstić information content (AvgIpc) is 2.76. The van der Waals surface area contributed by atoms with Crippen molar-refractivity contribution in [1.29, 1.82) is 0 Å². The number of aryl methyl sites for hydroxylation is 1. The van der Waals surface area contributed by atoms with Crippen LogP contribution in [0.1, 0.15) is 49.8 Å². The molecule has 102 valence electrons. The molecule has 0 spiro atoms. The summed E-state index contributed by atoms with van der Waals surface area (Å²) in [6.45, 7) is 5.90. The molecule has 1 rings (SSSR count). The van der Waals surface area contributed by atoms with E-state index >= 15 is 0 Å². The van der Waals surface area contributed by atoms with Crippen molar-refractivity contribution in [1.82, 2.24) is 15.5 Å². The number of rotatable bonds is 6. The van der Waals surface area contributed by atoms with Gasteiger partial charge < -0.3 is 16.2 Å². The van der Waals surface area contributed by atoms with Crippen molar-refractivity contribution < 1.29 is 9.90 Å². The minimum absolute atomic E-state index is 0.196. The number of hydrogen-bond donors (Lipinski definition) is 4. The standard InChI is InChI=1S/C12H22N4O2/c1-4-8-9(13)10(16-15-8)11(17)14-7-12(18,5-2)6-3/h18H,4-7,13H2,1-3H3,(H,14,17)(H,15,16). The van der Waals surface area contributed by atoms with Crippen LogP contribution < -0.4 is 11.1 Å². The largest absolute Gasteiger partial charge is 0.395 e. The molecule has 1 aromatic rings. The summed E-state index contributed by atoms with van der Waals surface area (Å²) < 4.78 is 0. The zero-order valence-electron chi connectivity index (χ0n) is 11.2. The van der Waals surface area contributed by atoms with Crippen molar-refractivity contribution in [2.75, 3.05) is 12.3 Å². The maximum absolute atomic E-state index is 11.9. The summed E-state index contributed by atoms with van der Waals surface area (Å²) in [4.78, 5) is 11.9. The Kier molecular flexibility index (Phi) is 4.72. The molecule has 6 heteroatoms. The molecule has 0 bridgehead atoms. The second kappa shape index (κ2) is 5.86. The number of aromatic amines is 1. The first-order valence-corrected chi connectivity index (χ1v) is 6.30. The van der Waals surface area contributed by atoms with E-state index < -0.39 is 5.60 Å². The van der Waals surface area contributed by atoms with Gasteiger partial charge in [0.15, 0.2) is 5.69 Å². The molecule has 0 aromatic carbocycles. The van der Waals surface area contributed by atoms with Gasteiger partial charge in [-0.1, -0.05) is 20.8 Å². The number of aromatic nitrogens is 2. The molecule has 0 atom stereocenters. The fourth-order valence-corrected chi connectivity index (χ4v) is 1.66. The van der Waals surface area contributed by atoms with Crippen molar-refractivity contribution in [2.45, 2.75) is 45.6 Å². The topological polar surface area (TPSA) is 104 Å². The van der Waals surface area contributed by atoms with Crippen LogP contribution in [0, 0.1) is 0 Å². The number of amides is 1. The Hall–Kier alpha value is -1.56. The van der Waals surface area contributed by atoms with Gasteiger partial charge in [0.1, 0.15) is 0 Å². The fraction of sp³-hybridized carbons (Fsp3) is 0.667. The number of aliphatic hydroxyl groups is 1. The van der Waals surface area contributed by atoms with Crippen molar-refractivity contribution in [3.05, 3.63) is 11.4 Å². The smallest absolute Gasteiger partial charge is 0.274 e. The molecule has 1 aromatic heterocycles. The van der Waals surface area contributed by atoms with E-state index in [-0.39, 0.29) is 18.1 Å². The van der Waals surface area contributed by atoms with Crippen LogP contribution in [0.25, 0.3) is 0 Å². The van der Waals surface area contributed by atoms with Crippen molar-refractivity contribution in [3.63, 3.8) is 0 Å². The molecule has 0 fully saturated rings. The molecule has 0 aliphatic rings. The summed E-state index contributed by atoms with van der Waals surface area (Å²) in [6, 6.07) is 0. The molecular formula is C12H22N4O2. The van der Waals surface area contributed by atoms with E-state index in [0.29, 0.717) is 24.9 Å². The molecule has 0 saturated carbocycles. The minimum Gasteiger partial charge on any atom is -0.395 e. The second-order valence-corrected chi connectivity index (χ2v) is 4.43. The second-order valence-electron chi connectivity index (χ2n) is 4.43. The van der Waals surface area contributed by atoms with E-state index in [9.17, 15) is 9.90 Å². The Morgan fingerprint density at radius 2 is 2.06 bits per heavy atom. The van der Waals surface area contributed by atoms with E-state index in [1.54, 1.807) is 0 Å². The summed E-state index contributed by atoms with van der Waals surface area (Å²) >= 11 is 0. The van der Waals surface area contributed by atoms with Crippen LogP contribution in [0.15, 0.2) is 0 Å². The number of carbonyl (C=O) groups excluding carboxylic acids is 1. The number of nitrogens with zero attached hydrogens (tertiary/aromatic N) is 1. The van der Waals surface area contributed by atoms with E-state index in [4.69, 9.17) is 5.73 Å². The summed E-state index contributed by atoms with van der Waals surface area (Å²) in [7, 11) is 0. The molecule has 0 radical (unpaired) electrons. The molecule has 5 N–H and O–H groups in total. The highest BCUT2D eigenvalue weighted by Crippen LogP contribution is 2.16. The molecule has 1 heterocycles. The fourth-order valence-electron chi connectivity index (χ4n) is 1.66. The van der Waals surface area contributed by atoms with Crippen LogP contribution in [-0.2, 0) is 6.42 Å². The Morgan fingerprint density at radius 3 is 2.50 bits per heavy atom. The number of nitrogens with two attached hydrogens (primary N) is 1. The lowest BCUT2D eigenvalue weighted by atomic mass is 9.97. The molecule has 18 heavy (non-hydrogen) atoms. The van der Waals surface area contributed by atoms with Gasteiger partial charge in [0.05, 0.1) is 17.0 Å². The number of H-pyrrole nitrogens is 1. The first-order chi connectivity index (χ1) is 8.47. The van der Waals surface area contributed by atoms with Gasteiger partial charge in [-0.25, -0.2) is 0 Å². The number of hydrogen-bond acceptors (Lipinski definition) is 4. The van der Waals surface area contributed by atoms with Crippen LogP contribution in [0.5, 0.6) is 0 Å². The van der Waals surface area contributed by atoms with Gasteiger partial charge in [0, 0.05) is 6.54 Å². The number of carbonyl (C=O) groups is 1. The van der Waals surface area contributed by atoms with Gasteiger partial charge >= 0.3 is 0 Å². The molecular weight excluding hydrogens is 232 g/mol. The SMILES string of the molecule is CCc1[nH]nc(C(=O)NCC(O)(CC)CC)c1N. The first-order valence-electron chi connectivity index (χ1n) is 6.30. The third-order valence-electron chi connectivity index (χ3n) is 3.35. The van der Waals surface area contributed by atoms with Gasteiger partial charge in [0.2, 0.25) is 0 Å².